The van der Waals surface area contributed by atoms with Gasteiger partial charge in [0.2, 0.25) is 0 Å². The first-order valence-corrected chi connectivity index (χ1v) is 14.3. The molecule has 0 saturated heterocycles. The fraction of sp³-hybridized carbons (Fsp3) is 0.100. The van der Waals surface area contributed by atoms with Crippen molar-refractivity contribution in [2.24, 2.45) is 0 Å². The zero-order valence-corrected chi connectivity index (χ0v) is 23.0. The highest BCUT2D eigenvalue weighted by Gasteiger charge is 2.30. The third-order valence-corrected chi connectivity index (χ3v) is 7.38. The van der Waals surface area contributed by atoms with Crippen molar-refractivity contribution in [3.8, 4) is 11.8 Å². The lowest BCUT2D eigenvalue weighted by molar-refractivity contribution is -0.137. The third-order valence-electron chi connectivity index (χ3n) is 6.25. The van der Waals surface area contributed by atoms with E-state index in [1.54, 1.807) is 47.1 Å². The Bertz CT molecular complexity index is 1990. The largest absolute Gasteiger partial charge is 0.416 e. The van der Waals surface area contributed by atoms with Gasteiger partial charge in [0.15, 0.2) is 15.5 Å². The molecule has 212 valence electrons. The molecule has 12 heteroatoms. The molecule has 1 amide bonds. The molecule has 5 rings (SSSR count). The summed E-state index contributed by atoms with van der Waals surface area (Å²) >= 11 is 0. The van der Waals surface area contributed by atoms with Gasteiger partial charge in [-0.3, -0.25) is 9.20 Å². The Morgan fingerprint density at radius 2 is 1.74 bits per heavy atom. The predicted molar refractivity (Wildman–Crippen MR) is 152 cm³/mol. The second-order valence-corrected chi connectivity index (χ2v) is 11.4. The average Bonchev–Trinajstić information content (AvgIpc) is 3.36. The number of halogens is 3. The predicted octanol–water partition coefficient (Wildman–Crippen LogP) is 5.86. The molecule has 0 bridgehead atoms. The lowest BCUT2D eigenvalue weighted by Gasteiger charge is -2.09. The van der Waals surface area contributed by atoms with Crippen LogP contribution < -0.4 is 10.6 Å². The smallest absolute Gasteiger partial charge is 0.352 e. The Morgan fingerprint density at radius 3 is 2.45 bits per heavy atom. The number of benzene rings is 2. The number of hydrogen-bond donors (Lipinski definition) is 2. The molecule has 0 aliphatic rings. The van der Waals surface area contributed by atoms with Crippen molar-refractivity contribution in [2.75, 3.05) is 16.9 Å². The molecule has 8 nitrogen and oxygen atoms in total. The molecular formula is C30H22F3N5O3S. The van der Waals surface area contributed by atoms with Gasteiger partial charge in [0.1, 0.15) is 11.5 Å². The topological polar surface area (TPSA) is 105 Å². The SMILES string of the molecule is Cc1ccc(C(=O)Nc2cc(C(F)(F)F)ccn2)cc1C#Cc1cnc2c(Nc3ccc(S(C)(=O)=O)cc3)cccn12. The zero-order chi connectivity index (χ0) is 30.1. The standard InChI is InChI=1S/C30H22F3N5O3S/c1-19-5-6-21(29(39)37-27-17-22(13-14-34-27)30(31,32)33)16-20(19)7-10-24-18-35-28-26(4-3-15-38(24)28)36-23-8-11-25(12-9-23)42(2,40)41/h3-6,8-9,11-18,36H,1-2H3,(H,34,37,39). The third kappa shape index (κ3) is 6.26. The van der Waals surface area contributed by atoms with Crippen molar-refractivity contribution in [3.63, 3.8) is 0 Å². The van der Waals surface area contributed by atoms with Crippen LogP contribution in [-0.2, 0) is 16.0 Å². The van der Waals surface area contributed by atoms with Crippen LogP contribution in [0.3, 0.4) is 0 Å². The van der Waals surface area contributed by atoms with Gasteiger partial charge >= 0.3 is 6.18 Å². The molecule has 0 fully saturated rings. The minimum absolute atomic E-state index is 0.204. The van der Waals surface area contributed by atoms with Crippen LogP contribution in [0.25, 0.3) is 5.65 Å². The van der Waals surface area contributed by atoms with Crippen LogP contribution in [0.2, 0.25) is 0 Å². The molecule has 3 aromatic heterocycles. The van der Waals surface area contributed by atoms with E-state index in [9.17, 15) is 26.4 Å². The van der Waals surface area contributed by atoms with E-state index < -0.39 is 27.5 Å². The Labute approximate surface area is 239 Å². The summed E-state index contributed by atoms with van der Waals surface area (Å²) in [5, 5.41) is 5.63. The Kier molecular flexibility index (Phi) is 7.45. The Balaban J connectivity index is 1.37. The number of alkyl halides is 3. The molecule has 0 atom stereocenters. The second kappa shape index (κ2) is 11.0. The zero-order valence-electron chi connectivity index (χ0n) is 22.2. The van der Waals surface area contributed by atoms with Gasteiger partial charge in [-0.1, -0.05) is 12.0 Å². The van der Waals surface area contributed by atoms with Crippen LogP contribution in [0.5, 0.6) is 0 Å². The first-order valence-electron chi connectivity index (χ1n) is 12.4. The van der Waals surface area contributed by atoms with Gasteiger partial charge in [-0.25, -0.2) is 18.4 Å². The van der Waals surface area contributed by atoms with E-state index in [0.29, 0.717) is 28.3 Å². The summed E-state index contributed by atoms with van der Waals surface area (Å²) in [6.07, 6.45) is 0.966. The van der Waals surface area contributed by atoms with E-state index in [4.69, 9.17) is 0 Å². The van der Waals surface area contributed by atoms with Gasteiger partial charge in [-0.15, -0.1) is 0 Å². The van der Waals surface area contributed by atoms with E-state index in [0.717, 1.165) is 30.1 Å². The lowest BCUT2D eigenvalue weighted by atomic mass is 10.0. The van der Waals surface area contributed by atoms with Crippen molar-refractivity contribution in [2.45, 2.75) is 18.0 Å². The van der Waals surface area contributed by atoms with Crippen LogP contribution in [0, 0.1) is 18.8 Å². The first-order chi connectivity index (χ1) is 19.9. The Hall–Kier alpha value is -5.15. The number of sulfone groups is 1. The van der Waals surface area contributed by atoms with Crippen LogP contribution in [0.15, 0.2) is 90.2 Å². The van der Waals surface area contributed by atoms with Gasteiger partial charge in [0.25, 0.3) is 5.91 Å². The molecule has 42 heavy (non-hydrogen) atoms. The molecule has 3 heterocycles. The van der Waals surface area contributed by atoms with Crippen LogP contribution in [0.1, 0.15) is 32.7 Å². The van der Waals surface area contributed by atoms with Gasteiger partial charge in [0, 0.05) is 35.5 Å². The number of carbonyl (C=O) groups excluding carboxylic acids is 1. The van der Waals surface area contributed by atoms with E-state index in [-0.39, 0.29) is 16.3 Å². The molecule has 0 aliphatic heterocycles. The van der Waals surface area contributed by atoms with Crippen molar-refractivity contribution in [1.29, 1.82) is 0 Å². The number of imidazole rings is 1. The quantitative estimate of drug-likeness (QED) is 0.249. The summed E-state index contributed by atoms with van der Waals surface area (Å²) in [6.45, 7) is 1.83. The molecule has 5 aromatic rings. The number of hydrogen-bond acceptors (Lipinski definition) is 6. The number of carbonyl (C=O) groups is 1. The van der Waals surface area contributed by atoms with Crippen molar-refractivity contribution in [3.05, 3.63) is 113 Å². The fourth-order valence-electron chi connectivity index (χ4n) is 4.03. The summed E-state index contributed by atoms with van der Waals surface area (Å²) < 4.78 is 64.3. The molecule has 0 spiro atoms. The molecule has 0 unspecified atom stereocenters. The summed E-state index contributed by atoms with van der Waals surface area (Å²) in [7, 11) is -3.31. The molecule has 0 saturated carbocycles. The lowest BCUT2D eigenvalue weighted by Crippen LogP contribution is -2.14. The van der Waals surface area contributed by atoms with E-state index >= 15 is 0 Å². The summed E-state index contributed by atoms with van der Waals surface area (Å²) in [4.78, 5) is 21.3. The van der Waals surface area contributed by atoms with Gasteiger partial charge in [-0.05, 0) is 79.1 Å². The van der Waals surface area contributed by atoms with Crippen LogP contribution in [0.4, 0.5) is 30.4 Å². The van der Waals surface area contributed by atoms with E-state index in [1.165, 1.54) is 12.1 Å². The maximum Gasteiger partial charge on any atom is 0.416 e. The number of amides is 1. The normalized spacial score (nSPS) is 11.5. The number of aromatic nitrogens is 3. The average molecular weight is 590 g/mol. The maximum absolute atomic E-state index is 13.0. The minimum atomic E-state index is -4.56. The van der Waals surface area contributed by atoms with E-state index in [1.807, 2.05) is 19.1 Å². The van der Waals surface area contributed by atoms with Crippen LogP contribution in [-0.4, -0.2) is 34.9 Å². The van der Waals surface area contributed by atoms with Gasteiger partial charge < -0.3 is 10.6 Å². The Morgan fingerprint density at radius 1 is 0.976 bits per heavy atom. The molecule has 0 aliphatic carbocycles. The number of pyridine rings is 2. The fourth-order valence-corrected chi connectivity index (χ4v) is 4.67. The monoisotopic (exact) mass is 589 g/mol. The van der Waals surface area contributed by atoms with E-state index in [2.05, 4.69) is 32.4 Å². The van der Waals surface area contributed by atoms with Crippen LogP contribution >= 0.6 is 0 Å². The summed E-state index contributed by atoms with van der Waals surface area (Å²) in [6, 6.07) is 16.4. The molecule has 0 radical (unpaired) electrons. The number of aryl methyl sites for hydroxylation is 1. The summed E-state index contributed by atoms with van der Waals surface area (Å²) in [5.41, 5.74) is 3.15. The molecular weight excluding hydrogens is 567 g/mol. The number of anilines is 3. The van der Waals surface area contributed by atoms with Crippen molar-refractivity contribution in [1.82, 2.24) is 14.4 Å². The molecule has 2 N–H and O–H groups in total. The van der Waals surface area contributed by atoms with Gasteiger partial charge in [-0.2, -0.15) is 13.2 Å². The highest BCUT2D eigenvalue weighted by atomic mass is 32.2. The summed E-state index contributed by atoms with van der Waals surface area (Å²) in [5.74, 6) is 5.28. The second-order valence-electron chi connectivity index (χ2n) is 9.34. The minimum Gasteiger partial charge on any atom is -0.352 e. The first kappa shape index (κ1) is 28.4. The number of rotatable bonds is 5. The number of nitrogens with zero attached hydrogens (tertiary/aromatic N) is 3. The molecule has 2 aromatic carbocycles. The van der Waals surface area contributed by atoms with Crippen molar-refractivity contribution >= 4 is 38.6 Å². The van der Waals surface area contributed by atoms with Crippen molar-refractivity contribution < 1.29 is 26.4 Å². The maximum atomic E-state index is 13.0. The highest BCUT2D eigenvalue weighted by molar-refractivity contribution is 7.90. The number of fused-ring (bicyclic) bond motifs is 1. The highest BCUT2D eigenvalue weighted by Crippen LogP contribution is 2.30. The number of nitrogens with one attached hydrogen (secondary N) is 2. The van der Waals surface area contributed by atoms with Gasteiger partial charge in [0.05, 0.1) is 22.3 Å².